The van der Waals surface area contributed by atoms with Gasteiger partial charge in [0.1, 0.15) is 6.04 Å². The highest BCUT2D eigenvalue weighted by Crippen LogP contribution is 2.29. The van der Waals surface area contributed by atoms with Crippen molar-refractivity contribution in [2.45, 2.75) is 26.1 Å². The van der Waals surface area contributed by atoms with Gasteiger partial charge >= 0.3 is 18.1 Å². The zero-order valence-corrected chi connectivity index (χ0v) is 21.5. The minimum Gasteiger partial charge on any atom is -0.480 e. The van der Waals surface area contributed by atoms with Crippen molar-refractivity contribution < 1.29 is 37.8 Å². The highest BCUT2D eigenvalue weighted by Gasteiger charge is 2.38. The molecule has 0 fully saturated rings. The van der Waals surface area contributed by atoms with Gasteiger partial charge in [0.05, 0.1) is 10.2 Å². The second-order valence-electron chi connectivity index (χ2n) is 8.60. The molecule has 0 unspecified atom stereocenters. The molecule has 12 heteroatoms. The molecule has 4 rings (SSSR count). The van der Waals surface area contributed by atoms with Crippen LogP contribution in [0.15, 0.2) is 72.8 Å². The van der Waals surface area contributed by atoms with E-state index in [0.29, 0.717) is 5.56 Å². The molecule has 4 N–H and O–H groups in total. The first-order chi connectivity index (χ1) is 18.3. The van der Waals surface area contributed by atoms with Crippen LogP contribution in [0.4, 0.5) is 24.0 Å². The van der Waals surface area contributed by atoms with Crippen molar-refractivity contribution >= 4 is 50.2 Å². The Hall–Kier alpha value is -4.45. The maximum Gasteiger partial charge on any atom is 0.490 e. The zero-order valence-electron chi connectivity index (χ0n) is 20.7. The van der Waals surface area contributed by atoms with Crippen LogP contribution < -0.4 is 10.6 Å². The molecule has 4 aromatic rings. The molecule has 0 aliphatic heterocycles. The smallest absolute Gasteiger partial charge is 0.480 e. The molecule has 0 bridgehead atoms. The number of carbonyl (C=O) groups is 3. The number of anilines is 2. The normalized spacial score (nSPS) is 11.8. The van der Waals surface area contributed by atoms with Crippen molar-refractivity contribution in [2.75, 3.05) is 5.32 Å². The Kier molecular flexibility index (Phi) is 9.25. The quantitative estimate of drug-likeness (QED) is 0.213. The lowest BCUT2D eigenvalue weighted by atomic mass is 10.0. The first-order valence-corrected chi connectivity index (χ1v) is 12.3. The molecule has 0 saturated heterocycles. The van der Waals surface area contributed by atoms with E-state index >= 15 is 0 Å². The van der Waals surface area contributed by atoms with Crippen LogP contribution in [0.1, 0.15) is 24.2 Å². The number of aromatic nitrogens is 1. The Balaban J connectivity index is 0.000000532. The summed E-state index contributed by atoms with van der Waals surface area (Å²) in [4.78, 5) is 37.2. The predicted molar refractivity (Wildman–Crippen MR) is 142 cm³/mol. The van der Waals surface area contributed by atoms with Crippen molar-refractivity contribution in [2.24, 2.45) is 5.92 Å². The number of carbonyl (C=O) groups excluding carboxylic acids is 1. The Morgan fingerprint density at radius 2 is 1.41 bits per heavy atom. The molecule has 8 nitrogen and oxygen atoms in total. The summed E-state index contributed by atoms with van der Waals surface area (Å²) in [6.07, 6.45) is -5.08. The number of alkyl halides is 3. The van der Waals surface area contributed by atoms with Gasteiger partial charge in [-0.2, -0.15) is 13.2 Å². The first kappa shape index (κ1) is 29.1. The van der Waals surface area contributed by atoms with Crippen LogP contribution in [0.3, 0.4) is 0 Å². The maximum atomic E-state index is 12.4. The average molecular weight is 560 g/mol. The van der Waals surface area contributed by atoms with Crippen molar-refractivity contribution in [3.8, 4) is 11.1 Å². The lowest BCUT2D eigenvalue weighted by Crippen LogP contribution is -2.44. The maximum absolute atomic E-state index is 12.4. The van der Waals surface area contributed by atoms with Crippen molar-refractivity contribution in [1.82, 2.24) is 10.3 Å². The molecule has 39 heavy (non-hydrogen) atoms. The number of rotatable bonds is 7. The topological polar surface area (TPSA) is 129 Å². The first-order valence-electron chi connectivity index (χ1n) is 11.5. The number of nitrogens with one attached hydrogen (secondary N) is 2. The Labute approximate surface area is 225 Å². The minimum absolute atomic E-state index is 0.203. The van der Waals surface area contributed by atoms with Gasteiger partial charge < -0.3 is 20.8 Å². The van der Waals surface area contributed by atoms with Crippen LogP contribution in [-0.2, 0) is 9.59 Å². The van der Waals surface area contributed by atoms with Gasteiger partial charge in [-0.05, 0) is 53.4 Å². The summed E-state index contributed by atoms with van der Waals surface area (Å²) < 4.78 is 32.9. The third kappa shape index (κ3) is 8.01. The van der Waals surface area contributed by atoms with E-state index in [0.717, 1.165) is 32.2 Å². The van der Waals surface area contributed by atoms with E-state index in [1.807, 2.05) is 54.6 Å². The van der Waals surface area contributed by atoms with E-state index in [9.17, 15) is 27.9 Å². The molecule has 0 radical (unpaired) electrons. The van der Waals surface area contributed by atoms with Gasteiger partial charge in [0.25, 0.3) is 5.91 Å². The fourth-order valence-electron chi connectivity index (χ4n) is 3.35. The molecular formula is C27H24F3N3O5S. The number of hydrogen-bond donors (Lipinski definition) is 4. The summed E-state index contributed by atoms with van der Waals surface area (Å²) in [6.45, 7) is 3.52. The standard InChI is InChI=1S/C25H23N3O3S.C2HF3O2/c1-15(2)22(24(30)31)28-23(29)18-9-7-16(8-10-18)17-11-13-19(14-12-17)26-25-27-20-5-3-4-6-21(20)32-25;3-2(4,5)1(6)7/h3-15,22H,1-2H3,(H,26,27)(H,28,29)(H,30,31);(H,6,7)/t22-;/m0./s1. The Morgan fingerprint density at radius 3 is 1.90 bits per heavy atom. The fraction of sp³-hybridized carbons (Fsp3) is 0.185. The lowest BCUT2D eigenvalue weighted by molar-refractivity contribution is -0.192. The number of carboxylic acids is 2. The van der Waals surface area contributed by atoms with E-state index in [1.54, 1.807) is 37.3 Å². The van der Waals surface area contributed by atoms with Crippen LogP contribution in [-0.4, -0.2) is 45.3 Å². The molecule has 3 aromatic carbocycles. The van der Waals surface area contributed by atoms with Crippen molar-refractivity contribution in [1.29, 1.82) is 0 Å². The Bertz CT molecular complexity index is 1420. The highest BCUT2D eigenvalue weighted by molar-refractivity contribution is 7.22. The third-order valence-electron chi connectivity index (χ3n) is 5.37. The number of hydrogen-bond acceptors (Lipinski definition) is 6. The number of nitrogens with zero attached hydrogens (tertiary/aromatic N) is 1. The lowest BCUT2D eigenvalue weighted by Gasteiger charge is -2.18. The summed E-state index contributed by atoms with van der Waals surface area (Å²) in [7, 11) is 0. The summed E-state index contributed by atoms with van der Waals surface area (Å²) in [5, 5.41) is 23.1. The van der Waals surface area contributed by atoms with Crippen LogP contribution in [0, 0.1) is 5.92 Å². The number of benzene rings is 3. The molecule has 1 atom stereocenters. The number of fused-ring (bicyclic) bond motifs is 1. The van der Waals surface area contributed by atoms with E-state index in [1.165, 1.54) is 0 Å². The monoisotopic (exact) mass is 559 g/mol. The summed E-state index contributed by atoms with van der Waals surface area (Å²) in [5.74, 6) is -4.39. The van der Waals surface area contributed by atoms with E-state index in [-0.39, 0.29) is 5.92 Å². The van der Waals surface area contributed by atoms with Crippen LogP contribution in [0.25, 0.3) is 21.3 Å². The van der Waals surface area contributed by atoms with Gasteiger partial charge in [0.2, 0.25) is 0 Å². The minimum atomic E-state index is -5.08. The molecule has 1 aromatic heterocycles. The molecule has 1 amide bonds. The molecular weight excluding hydrogens is 535 g/mol. The fourth-order valence-corrected chi connectivity index (χ4v) is 4.23. The van der Waals surface area contributed by atoms with Crippen molar-refractivity contribution in [3.05, 3.63) is 78.4 Å². The van der Waals surface area contributed by atoms with Crippen LogP contribution >= 0.6 is 11.3 Å². The number of para-hydroxylation sites is 1. The summed E-state index contributed by atoms with van der Waals surface area (Å²) in [5.41, 5.74) is 4.32. The molecule has 204 valence electrons. The van der Waals surface area contributed by atoms with Gasteiger partial charge in [-0.25, -0.2) is 14.6 Å². The summed E-state index contributed by atoms with van der Waals surface area (Å²) in [6, 6.07) is 22.2. The SMILES string of the molecule is CC(C)[C@H](NC(=O)c1ccc(-c2ccc(Nc3nc4ccccc4s3)cc2)cc1)C(=O)O.O=C(O)C(F)(F)F. The molecule has 0 spiro atoms. The highest BCUT2D eigenvalue weighted by atomic mass is 32.1. The summed E-state index contributed by atoms with van der Waals surface area (Å²) >= 11 is 1.61. The van der Waals surface area contributed by atoms with Crippen LogP contribution in [0.5, 0.6) is 0 Å². The second kappa shape index (κ2) is 12.4. The van der Waals surface area contributed by atoms with Crippen molar-refractivity contribution in [3.63, 3.8) is 0 Å². The van der Waals surface area contributed by atoms with Gasteiger partial charge in [-0.15, -0.1) is 0 Å². The average Bonchev–Trinajstić information content (AvgIpc) is 3.29. The number of thiazole rings is 1. The molecule has 0 aliphatic carbocycles. The second-order valence-corrected chi connectivity index (χ2v) is 9.63. The van der Waals surface area contributed by atoms with E-state index in [4.69, 9.17) is 9.90 Å². The van der Waals surface area contributed by atoms with E-state index < -0.39 is 30.1 Å². The Morgan fingerprint density at radius 1 is 0.872 bits per heavy atom. The third-order valence-corrected chi connectivity index (χ3v) is 6.32. The van der Waals surface area contributed by atoms with Gasteiger partial charge in [-0.3, -0.25) is 4.79 Å². The van der Waals surface area contributed by atoms with Crippen LogP contribution in [0.2, 0.25) is 0 Å². The number of halogens is 3. The molecule has 0 saturated carbocycles. The predicted octanol–water partition coefficient (Wildman–Crippen LogP) is 6.18. The molecule has 0 aliphatic rings. The number of aliphatic carboxylic acids is 2. The number of amides is 1. The van der Waals surface area contributed by atoms with Gasteiger partial charge in [0, 0.05) is 11.3 Å². The molecule has 1 heterocycles. The van der Waals surface area contributed by atoms with Gasteiger partial charge in [0.15, 0.2) is 5.13 Å². The van der Waals surface area contributed by atoms with E-state index in [2.05, 4.69) is 21.7 Å². The number of carboxylic acid groups (broad SMARTS) is 2. The van der Waals surface area contributed by atoms with Gasteiger partial charge in [-0.1, -0.05) is 61.6 Å². The zero-order chi connectivity index (χ0) is 28.7. The largest absolute Gasteiger partial charge is 0.490 e.